The Bertz CT molecular complexity index is 1410. The van der Waals surface area contributed by atoms with Crippen LogP contribution in [0.2, 0.25) is 0 Å². The van der Waals surface area contributed by atoms with Crippen LogP contribution in [0.25, 0.3) is 0 Å². The second kappa shape index (κ2) is 19.0. The van der Waals surface area contributed by atoms with Gasteiger partial charge in [0.05, 0.1) is 25.3 Å². The van der Waals surface area contributed by atoms with Gasteiger partial charge in [0.25, 0.3) is 0 Å². The molecule has 2 fully saturated rings. The van der Waals surface area contributed by atoms with E-state index in [2.05, 4.69) is 9.26 Å². The van der Waals surface area contributed by atoms with Gasteiger partial charge in [0, 0.05) is 71.2 Å². The average Bonchev–Trinajstić information content (AvgIpc) is 2.99. The Kier molecular flexibility index (Phi) is 15.9. The number of benzene rings is 1. The molecule has 0 N–H and O–H groups in total. The number of hydrogen-bond acceptors (Lipinski definition) is 14. The number of fused-ring (bicyclic) bond motifs is 3. The van der Waals surface area contributed by atoms with Gasteiger partial charge in [-0.25, -0.2) is 0 Å². The summed E-state index contributed by atoms with van der Waals surface area (Å²) in [6.45, 7) is 22.1. The monoisotopic (exact) mass is 761 g/mol. The molecular formula is C39H63N5O8S. The molecule has 2 saturated heterocycles. The van der Waals surface area contributed by atoms with Crippen molar-refractivity contribution < 1.29 is 38.1 Å². The lowest BCUT2D eigenvalue weighted by molar-refractivity contribution is -0.171. The molecule has 2 bridgehead atoms. The summed E-state index contributed by atoms with van der Waals surface area (Å²) in [5.74, 6) is -1.43. The summed E-state index contributed by atoms with van der Waals surface area (Å²) in [5.41, 5.74) is -1.37. The molecule has 3 atom stereocenters. The predicted octanol–water partition coefficient (Wildman–Crippen LogP) is 4.30. The van der Waals surface area contributed by atoms with Crippen molar-refractivity contribution in [1.82, 2.24) is 19.6 Å². The van der Waals surface area contributed by atoms with E-state index >= 15 is 0 Å². The van der Waals surface area contributed by atoms with Crippen molar-refractivity contribution in [2.24, 2.45) is 4.36 Å². The van der Waals surface area contributed by atoms with E-state index in [9.17, 15) is 19.2 Å². The second-order valence-electron chi connectivity index (χ2n) is 17.4. The van der Waals surface area contributed by atoms with Crippen molar-refractivity contribution in [3.8, 4) is 0 Å². The molecule has 14 heteroatoms. The molecule has 53 heavy (non-hydrogen) atoms. The summed E-state index contributed by atoms with van der Waals surface area (Å²) in [4.78, 5) is 62.0. The molecule has 0 saturated carbocycles. The lowest BCUT2D eigenvalue weighted by Crippen LogP contribution is -2.53. The number of carbonyl (C=O) groups excluding carboxylic acids is 4. The fourth-order valence-corrected chi connectivity index (χ4v) is 7.01. The molecule has 0 radical (unpaired) electrons. The maximum Gasteiger partial charge on any atom is 0.323 e. The van der Waals surface area contributed by atoms with Gasteiger partial charge in [0.2, 0.25) is 0 Å². The zero-order valence-electron chi connectivity index (χ0n) is 33.7. The molecule has 3 rings (SSSR count). The van der Waals surface area contributed by atoms with E-state index in [1.807, 2.05) is 108 Å². The number of nitrogens with zero attached hydrogens (tertiary/aromatic N) is 5. The Hall–Kier alpha value is -3.04. The van der Waals surface area contributed by atoms with Gasteiger partial charge in [0.15, 0.2) is 0 Å². The number of ether oxygens (including phenoxy) is 4. The maximum absolute atomic E-state index is 14.0. The van der Waals surface area contributed by atoms with Gasteiger partial charge in [-0.3, -0.25) is 38.8 Å². The van der Waals surface area contributed by atoms with Crippen LogP contribution in [0, 0.1) is 0 Å². The van der Waals surface area contributed by atoms with Gasteiger partial charge in [-0.2, -0.15) is 4.36 Å². The molecule has 2 aliphatic heterocycles. The van der Waals surface area contributed by atoms with Crippen LogP contribution in [0.15, 0.2) is 28.6 Å². The van der Waals surface area contributed by atoms with E-state index < -0.39 is 28.4 Å². The van der Waals surface area contributed by atoms with Crippen LogP contribution >= 0.6 is 0 Å². The van der Waals surface area contributed by atoms with E-state index in [1.54, 1.807) is 0 Å². The van der Waals surface area contributed by atoms with E-state index in [-0.39, 0.29) is 43.5 Å². The highest BCUT2D eigenvalue weighted by molar-refractivity contribution is 7.47. The van der Waals surface area contributed by atoms with Crippen molar-refractivity contribution >= 4 is 42.0 Å². The molecule has 1 aromatic rings. The van der Waals surface area contributed by atoms with E-state index in [4.69, 9.17) is 31.4 Å². The van der Waals surface area contributed by atoms with Crippen LogP contribution in [-0.4, -0.2) is 144 Å². The molecule has 2 aliphatic rings. The highest BCUT2D eigenvalue weighted by Crippen LogP contribution is 2.27. The fourth-order valence-electron chi connectivity index (χ4n) is 6.88. The molecule has 0 aromatic heterocycles. The molecule has 0 aliphatic carbocycles. The highest BCUT2D eigenvalue weighted by Gasteiger charge is 2.37. The van der Waals surface area contributed by atoms with Gasteiger partial charge in [-0.15, -0.1) is 0 Å². The smallest absolute Gasteiger partial charge is 0.323 e. The van der Waals surface area contributed by atoms with E-state index in [1.165, 1.54) is 0 Å². The number of aryl methyl sites for hydroxylation is 1. The first-order valence-corrected chi connectivity index (χ1v) is 19.1. The molecule has 3 unspecified atom stereocenters. The van der Waals surface area contributed by atoms with Crippen molar-refractivity contribution in [2.45, 2.75) is 117 Å². The van der Waals surface area contributed by atoms with Crippen LogP contribution in [0.3, 0.4) is 0 Å². The summed E-state index contributed by atoms with van der Waals surface area (Å²) >= 11 is 4.83. The zero-order valence-corrected chi connectivity index (χ0v) is 34.5. The van der Waals surface area contributed by atoms with Crippen molar-refractivity contribution in [2.75, 3.05) is 72.0 Å². The number of cyclic esters (lactones) is 2. The van der Waals surface area contributed by atoms with Crippen molar-refractivity contribution in [3.05, 3.63) is 29.8 Å². The first-order valence-electron chi connectivity index (χ1n) is 18.7. The molecule has 2 heterocycles. The first-order chi connectivity index (χ1) is 24.5. The molecule has 13 nitrogen and oxygen atoms in total. The number of esters is 4. The lowest BCUT2D eigenvalue weighted by Gasteiger charge is -2.37. The third-order valence-corrected chi connectivity index (χ3v) is 9.06. The summed E-state index contributed by atoms with van der Waals surface area (Å²) in [6, 6.07) is 7.03. The normalized spacial score (nSPS) is 23.4. The Morgan fingerprint density at radius 1 is 0.774 bits per heavy atom. The fraction of sp³-hybridized carbons (Fsp3) is 0.744. The summed E-state index contributed by atoms with van der Waals surface area (Å²) in [6.07, 6.45) is 1.40. The second-order valence-corrected chi connectivity index (χ2v) is 17.6. The average molecular weight is 762 g/mol. The van der Waals surface area contributed by atoms with Gasteiger partial charge in [-0.05, 0) is 99.8 Å². The van der Waals surface area contributed by atoms with Gasteiger partial charge in [0.1, 0.15) is 28.4 Å². The lowest BCUT2D eigenvalue weighted by atomic mass is 9.92. The quantitative estimate of drug-likeness (QED) is 0.276. The van der Waals surface area contributed by atoms with Crippen LogP contribution in [0.5, 0.6) is 0 Å². The van der Waals surface area contributed by atoms with E-state index in [0.29, 0.717) is 77.3 Å². The standard InChI is InChI=1S/C39H63N5O8S/c1-36(2,3)49-32(45)25-42-19-17-41-18-20-43(27-34(47)51-39(9,10)28-38(7,8)50-33(46)26-41)22-24-44(23-21-42)31(35(48)52-37(4,5)6)16-13-29-11-14-30(40-53)15-12-29/h11-12,14-15,31H,13,16-28H2,1-10H3. The number of hydrogen-bond donors (Lipinski definition) is 0. The van der Waals surface area contributed by atoms with Crippen molar-refractivity contribution in [1.29, 1.82) is 0 Å². The Morgan fingerprint density at radius 3 is 1.75 bits per heavy atom. The van der Waals surface area contributed by atoms with Crippen LogP contribution in [0.4, 0.5) is 5.69 Å². The summed E-state index contributed by atoms with van der Waals surface area (Å²) in [5, 5.41) is 0. The van der Waals surface area contributed by atoms with Crippen LogP contribution < -0.4 is 0 Å². The van der Waals surface area contributed by atoms with Gasteiger partial charge in [-0.1, -0.05) is 12.1 Å². The Labute approximate surface area is 322 Å². The Balaban J connectivity index is 2.00. The largest absolute Gasteiger partial charge is 0.459 e. The van der Waals surface area contributed by atoms with Crippen LogP contribution in [-0.2, 0) is 57.0 Å². The molecule has 298 valence electrons. The SMILES string of the molecule is CC(C)(C)OC(=O)CN1CCN2CCN(CCN(C(CCc3ccc(N=S)cc3)C(=O)OC(C)(C)C)CC1)CC(=O)OC(C)(C)CC(C)(C)OC(=O)C2. The molecular weight excluding hydrogens is 699 g/mol. The topological polar surface area (TPSA) is 131 Å². The zero-order chi connectivity index (χ0) is 39.6. The minimum absolute atomic E-state index is 0.0425. The maximum atomic E-state index is 14.0. The van der Waals surface area contributed by atoms with Gasteiger partial charge < -0.3 is 18.9 Å². The molecule has 0 amide bonds. The van der Waals surface area contributed by atoms with Crippen molar-refractivity contribution in [3.63, 3.8) is 0 Å². The van der Waals surface area contributed by atoms with Gasteiger partial charge >= 0.3 is 23.9 Å². The van der Waals surface area contributed by atoms with E-state index in [0.717, 1.165) is 5.56 Å². The Morgan fingerprint density at radius 2 is 1.25 bits per heavy atom. The summed E-state index contributed by atoms with van der Waals surface area (Å²) < 4.78 is 27.4. The molecule has 0 spiro atoms. The summed E-state index contributed by atoms with van der Waals surface area (Å²) in [7, 11) is 0. The predicted molar refractivity (Wildman–Crippen MR) is 206 cm³/mol. The minimum Gasteiger partial charge on any atom is -0.459 e. The number of rotatable bonds is 8. The number of carbonyl (C=O) groups is 4. The first kappa shape index (κ1) is 44.4. The highest BCUT2D eigenvalue weighted by atomic mass is 32.1. The minimum atomic E-state index is -0.878. The van der Waals surface area contributed by atoms with Crippen LogP contribution in [0.1, 0.15) is 87.6 Å². The third-order valence-electron chi connectivity index (χ3n) is 8.85. The molecule has 1 aromatic carbocycles. The third kappa shape index (κ3) is 16.9.